The number of ether oxygens (including phenoxy) is 1. The number of aryl methyl sites for hydroxylation is 1. The number of aromatic nitrogens is 2. The van der Waals surface area contributed by atoms with E-state index >= 15 is 0 Å². The molecule has 0 radical (unpaired) electrons. The van der Waals surface area contributed by atoms with E-state index in [0.29, 0.717) is 6.42 Å². The lowest BCUT2D eigenvalue weighted by Crippen LogP contribution is -2.45. The Kier molecular flexibility index (Phi) is 5.05. The zero-order valence-corrected chi connectivity index (χ0v) is 13.6. The van der Waals surface area contributed by atoms with Gasteiger partial charge in [0.2, 0.25) is 5.82 Å². The van der Waals surface area contributed by atoms with E-state index in [1.165, 1.54) is 18.0 Å². The number of hydrogen-bond donors (Lipinski definition) is 2. The minimum atomic E-state index is -0.358. The van der Waals surface area contributed by atoms with Crippen molar-refractivity contribution in [1.82, 2.24) is 15.3 Å². The van der Waals surface area contributed by atoms with Gasteiger partial charge in [-0.05, 0) is 31.7 Å². The highest BCUT2D eigenvalue weighted by molar-refractivity contribution is 5.90. The summed E-state index contributed by atoms with van der Waals surface area (Å²) in [4.78, 5) is 20.1. The molecule has 1 saturated heterocycles. The van der Waals surface area contributed by atoms with Gasteiger partial charge in [0, 0.05) is 6.61 Å². The van der Waals surface area contributed by atoms with Crippen molar-refractivity contribution in [3.63, 3.8) is 0 Å². The Labute approximate surface area is 140 Å². The van der Waals surface area contributed by atoms with Crippen molar-refractivity contribution in [2.45, 2.75) is 38.3 Å². The Bertz CT molecular complexity index is 697. The normalized spacial score (nSPS) is 18.3. The second kappa shape index (κ2) is 7.40. The van der Waals surface area contributed by atoms with Gasteiger partial charge in [-0.2, -0.15) is 0 Å². The number of carbonyl (C=O) groups is 1. The molecule has 2 unspecified atom stereocenters. The third kappa shape index (κ3) is 4.08. The molecule has 2 atom stereocenters. The number of rotatable bonds is 5. The fraction of sp³-hybridized carbons (Fsp3) is 0.389. The van der Waals surface area contributed by atoms with Gasteiger partial charge in [-0.1, -0.05) is 29.8 Å². The minimum Gasteiger partial charge on any atom is -0.505 e. The van der Waals surface area contributed by atoms with Gasteiger partial charge in [-0.3, -0.25) is 4.79 Å². The molecule has 1 aliphatic rings. The maximum atomic E-state index is 12.4. The number of carbonyl (C=O) groups excluding carboxylic acids is 1. The van der Waals surface area contributed by atoms with E-state index in [0.717, 1.165) is 25.0 Å². The van der Waals surface area contributed by atoms with Crippen molar-refractivity contribution in [3.8, 4) is 5.75 Å². The lowest BCUT2D eigenvalue weighted by Gasteiger charge is -2.24. The maximum Gasteiger partial charge on any atom is 0.289 e. The van der Waals surface area contributed by atoms with Crippen LogP contribution in [0, 0.1) is 6.92 Å². The highest BCUT2D eigenvalue weighted by Gasteiger charge is 2.28. The highest BCUT2D eigenvalue weighted by Crippen LogP contribution is 2.19. The summed E-state index contributed by atoms with van der Waals surface area (Å²) >= 11 is 0. The molecule has 1 fully saturated rings. The van der Waals surface area contributed by atoms with Gasteiger partial charge in [0.15, 0.2) is 5.75 Å². The highest BCUT2D eigenvalue weighted by atomic mass is 16.5. The van der Waals surface area contributed by atoms with Crippen LogP contribution < -0.4 is 5.32 Å². The molecule has 1 amide bonds. The molecule has 2 heterocycles. The Morgan fingerprint density at radius 1 is 1.42 bits per heavy atom. The molecular weight excluding hydrogens is 306 g/mol. The van der Waals surface area contributed by atoms with Crippen LogP contribution in [0.5, 0.6) is 5.75 Å². The van der Waals surface area contributed by atoms with E-state index in [1.54, 1.807) is 0 Å². The lowest BCUT2D eigenvalue weighted by molar-refractivity contribution is 0.0669. The second-order valence-electron chi connectivity index (χ2n) is 6.09. The Morgan fingerprint density at radius 2 is 2.21 bits per heavy atom. The first-order valence-corrected chi connectivity index (χ1v) is 8.11. The van der Waals surface area contributed by atoms with Gasteiger partial charge in [-0.25, -0.2) is 9.97 Å². The number of amides is 1. The third-order valence-electron chi connectivity index (χ3n) is 4.11. The molecule has 1 aromatic heterocycles. The second-order valence-corrected chi connectivity index (χ2v) is 6.09. The van der Waals surface area contributed by atoms with Crippen LogP contribution in [0.3, 0.4) is 0 Å². The van der Waals surface area contributed by atoms with Crippen LogP contribution in [0.2, 0.25) is 0 Å². The van der Waals surface area contributed by atoms with E-state index in [-0.39, 0.29) is 29.6 Å². The molecule has 1 aromatic carbocycles. The van der Waals surface area contributed by atoms with Crippen LogP contribution >= 0.6 is 0 Å². The summed E-state index contributed by atoms with van der Waals surface area (Å²) in [5.41, 5.74) is 2.34. The average Bonchev–Trinajstić information content (AvgIpc) is 3.09. The zero-order valence-electron chi connectivity index (χ0n) is 13.6. The summed E-state index contributed by atoms with van der Waals surface area (Å²) in [7, 11) is 0. The van der Waals surface area contributed by atoms with E-state index in [1.807, 2.05) is 19.1 Å². The van der Waals surface area contributed by atoms with Crippen LogP contribution in [0.25, 0.3) is 0 Å². The van der Waals surface area contributed by atoms with Gasteiger partial charge in [0.25, 0.3) is 5.91 Å². The summed E-state index contributed by atoms with van der Waals surface area (Å²) in [6.45, 7) is 2.77. The van der Waals surface area contributed by atoms with Crippen molar-refractivity contribution in [2.24, 2.45) is 0 Å². The van der Waals surface area contributed by atoms with Crippen LogP contribution in [0.1, 0.15) is 34.6 Å². The van der Waals surface area contributed by atoms with Crippen molar-refractivity contribution >= 4 is 5.91 Å². The van der Waals surface area contributed by atoms with Gasteiger partial charge >= 0.3 is 0 Å². The topological polar surface area (TPSA) is 84.3 Å². The fourth-order valence-corrected chi connectivity index (χ4v) is 2.96. The Morgan fingerprint density at radius 3 is 2.88 bits per heavy atom. The lowest BCUT2D eigenvalue weighted by atomic mass is 9.98. The first-order valence-electron chi connectivity index (χ1n) is 8.11. The predicted molar refractivity (Wildman–Crippen MR) is 88.8 cm³/mol. The predicted octanol–water partition coefficient (Wildman–Crippen LogP) is 2.01. The smallest absolute Gasteiger partial charge is 0.289 e. The molecule has 0 saturated carbocycles. The van der Waals surface area contributed by atoms with Crippen LogP contribution in [0.15, 0.2) is 36.7 Å². The van der Waals surface area contributed by atoms with Crippen LogP contribution in [0.4, 0.5) is 0 Å². The van der Waals surface area contributed by atoms with Crippen molar-refractivity contribution < 1.29 is 14.6 Å². The van der Waals surface area contributed by atoms with Crippen molar-refractivity contribution in [3.05, 3.63) is 53.6 Å². The number of nitrogens with zero attached hydrogens (tertiary/aromatic N) is 2. The van der Waals surface area contributed by atoms with E-state index < -0.39 is 0 Å². The zero-order chi connectivity index (χ0) is 16.9. The molecule has 0 bridgehead atoms. The number of nitrogens with one attached hydrogen (secondary N) is 1. The molecule has 126 valence electrons. The van der Waals surface area contributed by atoms with Crippen LogP contribution in [-0.4, -0.2) is 39.7 Å². The molecule has 0 spiro atoms. The quantitative estimate of drug-likeness (QED) is 0.877. The Hall–Kier alpha value is -2.47. The first kappa shape index (κ1) is 16.4. The van der Waals surface area contributed by atoms with E-state index in [2.05, 4.69) is 27.4 Å². The summed E-state index contributed by atoms with van der Waals surface area (Å²) in [5.74, 6) is -0.384. The number of hydrogen-bond acceptors (Lipinski definition) is 5. The fourth-order valence-electron chi connectivity index (χ4n) is 2.96. The molecule has 3 rings (SSSR count). The summed E-state index contributed by atoms with van der Waals surface area (Å²) in [6.07, 6.45) is 5.03. The molecule has 6 heteroatoms. The van der Waals surface area contributed by atoms with Crippen molar-refractivity contribution in [1.29, 1.82) is 0 Å². The molecule has 2 N–H and O–H groups in total. The third-order valence-corrected chi connectivity index (χ3v) is 4.11. The van der Waals surface area contributed by atoms with E-state index in [4.69, 9.17) is 4.74 Å². The average molecular weight is 327 g/mol. The summed E-state index contributed by atoms with van der Waals surface area (Å²) in [6, 6.07) is 8.10. The maximum absolute atomic E-state index is 12.4. The number of aromatic hydroxyl groups is 1. The first-order chi connectivity index (χ1) is 11.6. The Balaban J connectivity index is 1.74. The van der Waals surface area contributed by atoms with Gasteiger partial charge in [0.05, 0.1) is 24.5 Å². The standard InChI is InChI=1S/C18H21N3O3/c1-12-4-2-5-13(8-12)9-15(16-6-3-7-24-16)21-18(23)17-19-10-14(22)11-20-17/h2,4-5,8,10-11,15-16,22H,3,6-7,9H2,1H3,(H,21,23). The van der Waals surface area contributed by atoms with Crippen molar-refractivity contribution in [2.75, 3.05) is 6.61 Å². The molecule has 0 aliphatic carbocycles. The SMILES string of the molecule is Cc1cccc(CC(NC(=O)c2ncc(O)cn2)C2CCCO2)c1. The minimum absolute atomic E-state index is 0.00780. The van der Waals surface area contributed by atoms with Gasteiger partial charge in [-0.15, -0.1) is 0 Å². The van der Waals surface area contributed by atoms with Crippen LogP contribution in [-0.2, 0) is 11.2 Å². The molecular formula is C18H21N3O3. The largest absolute Gasteiger partial charge is 0.505 e. The molecule has 24 heavy (non-hydrogen) atoms. The summed E-state index contributed by atoms with van der Waals surface area (Å²) < 4.78 is 5.78. The van der Waals surface area contributed by atoms with Gasteiger partial charge in [0.1, 0.15) is 0 Å². The molecule has 1 aliphatic heterocycles. The monoisotopic (exact) mass is 327 g/mol. The molecule has 6 nitrogen and oxygen atoms in total. The number of benzene rings is 1. The molecule has 2 aromatic rings. The van der Waals surface area contributed by atoms with E-state index in [9.17, 15) is 9.90 Å². The summed E-state index contributed by atoms with van der Waals surface area (Å²) in [5, 5.41) is 12.2. The van der Waals surface area contributed by atoms with Gasteiger partial charge < -0.3 is 15.2 Å².